The standard InChI is InChI=1S/C9H11NO2.C6H9N3O2.C4H9NO3.C3H7NO2/c10-8(9(11)12)6-7-4-2-1-3-5-7;7-5(6(10)11)1-4-2-8-3-9-4;1-2(6)3(5)4(7)8;1-2(4)3(5)6/h1-5,8H,6,10H2,(H,11,12);2-3,5H,1,7H2,(H,8,9)(H,10,11);2-3,6H,5H2,1H3,(H,7,8);2H,4H2,1H3,(H,5,6). The fourth-order valence-corrected chi connectivity index (χ4v) is 1.88. The van der Waals surface area contributed by atoms with Crippen LogP contribution in [0.4, 0.5) is 0 Å². The van der Waals surface area contributed by atoms with Gasteiger partial charge in [-0.3, -0.25) is 19.2 Å². The molecular formula is C22H36N6O9. The first-order valence-electron chi connectivity index (χ1n) is 10.7. The van der Waals surface area contributed by atoms with E-state index >= 15 is 0 Å². The van der Waals surface area contributed by atoms with Gasteiger partial charge in [-0.05, 0) is 25.8 Å². The quantitative estimate of drug-likeness (QED) is 0.172. The molecule has 2 aromatic rings. The lowest BCUT2D eigenvalue weighted by atomic mass is 10.1. The summed E-state index contributed by atoms with van der Waals surface area (Å²) in [7, 11) is 0. The summed E-state index contributed by atoms with van der Waals surface area (Å²) in [5, 5.41) is 41.4. The number of rotatable bonds is 9. The summed E-state index contributed by atoms with van der Waals surface area (Å²) in [5.41, 5.74) is 22.0. The van der Waals surface area contributed by atoms with Gasteiger partial charge in [0.25, 0.3) is 0 Å². The molecule has 0 saturated heterocycles. The smallest absolute Gasteiger partial charge is 0.323 e. The Balaban J connectivity index is 0. The molecule has 0 aliphatic carbocycles. The van der Waals surface area contributed by atoms with Gasteiger partial charge in [0, 0.05) is 18.3 Å². The number of benzene rings is 1. The number of imidazole rings is 1. The highest BCUT2D eigenvalue weighted by Crippen LogP contribution is 2.01. The van der Waals surface area contributed by atoms with E-state index in [0.717, 1.165) is 11.3 Å². The predicted molar refractivity (Wildman–Crippen MR) is 132 cm³/mol. The van der Waals surface area contributed by atoms with Crippen LogP contribution in [0.3, 0.4) is 0 Å². The van der Waals surface area contributed by atoms with E-state index < -0.39 is 54.1 Å². The van der Waals surface area contributed by atoms with Crippen molar-refractivity contribution in [1.82, 2.24) is 9.97 Å². The highest BCUT2D eigenvalue weighted by atomic mass is 16.4. The molecule has 2 rings (SSSR count). The van der Waals surface area contributed by atoms with Crippen molar-refractivity contribution in [3.05, 3.63) is 54.1 Å². The fraction of sp³-hybridized carbons (Fsp3) is 0.409. The van der Waals surface area contributed by atoms with Gasteiger partial charge in [-0.1, -0.05) is 30.3 Å². The molecule has 5 atom stereocenters. The van der Waals surface area contributed by atoms with Crippen LogP contribution in [0.15, 0.2) is 42.9 Å². The molecule has 15 heteroatoms. The van der Waals surface area contributed by atoms with Gasteiger partial charge in [0.2, 0.25) is 0 Å². The van der Waals surface area contributed by atoms with Crippen LogP contribution in [0.2, 0.25) is 0 Å². The minimum absolute atomic E-state index is 0.287. The van der Waals surface area contributed by atoms with Crippen LogP contribution in [-0.2, 0) is 32.0 Å². The number of nitrogens with zero attached hydrogens (tertiary/aromatic N) is 1. The molecule has 0 aliphatic rings. The Labute approximate surface area is 213 Å². The molecule has 0 radical (unpaired) electrons. The third kappa shape index (κ3) is 19.0. The molecule has 0 saturated carbocycles. The van der Waals surface area contributed by atoms with Gasteiger partial charge in [0.1, 0.15) is 24.2 Å². The summed E-state index contributed by atoms with van der Waals surface area (Å²) in [5.74, 6) is -4.10. The number of carboxylic acid groups (broad SMARTS) is 4. The number of carbonyl (C=O) groups is 4. The maximum absolute atomic E-state index is 10.4. The first-order valence-corrected chi connectivity index (χ1v) is 10.7. The van der Waals surface area contributed by atoms with Crippen molar-refractivity contribution < 1.29 is 44.7 Å². The highest BCUT2D eigenvalue weighted by Gasteiger charge is 2.16. The molecule has 208 valence electrons. The van der Waals surface area contributed by atoms with Gasteiger partial charge in [-0.25, -0.2) is 4.98 Å². The third-order valence-electron chi connectivity index (χ3n) is 4.12. The Morgan fingerprint density at radius 3 is 1.57 bits per heavy atom. The van der Waals surface area contributed by atoms with Gasteiger partial charge in [-0.15, -0.1) is 0 Å². The average Bonchev–Trinajstić information content (AvgIpc) is 3.33. The van der Waals surface area contributed by atoms with Crippen LogP contribution < -0.4 is 22.9 Å². The van der Waals surface area contributed by atoms with E-state index in [-0.39, 0.29) is 6.42 Å². The van der Waals surface area contributed by atoms with Crippen molar-refractivity contribution in [3.63, 3.8) is 0 Å². The SMILES string of the molecule is CC(N)C(=O)O.CC(O)C(N)C(=O)O.NC(Cc1ccccc1)C(=O)O.NC(Cc1cnc[nH]1)C(=O)O. The number of carboxylic acids is 4. The molecule has 5 unspecified atom stereocenters. The number of nitrogens with two attached hydrogens (primary N) is 4. The number of nitrogens with one attached hydrogen (secondary N) is 1. The molecule has 0 amide bonds. The zero-order chi connectivity index (χ0) is 29.1. The summed E-state index contributed by atoms with van der Waals surface area (Å²) in [6, 6.07) is 5.80. The van der Waals surface area contributed by atoms with Crippen LogP contribution in [0.25, 0.3) is 0 Å². The topological polar surface area (TPSA) is 302 Å². The van der Waals surface area contributed by atoms with Crippen molar-refractivity contribution in [2.75, 3.05) is 0 Å². The van der Waals surface area contributed by atoms with Crippen LogP contribution >= 0.6 is 0 Å². The first kappa shape index (κ1) is 35.3. The number of hydrogen-bond donors (Lipinski definition) is 10. The second-order valence-corrected chi connectivity index (χ2v) is 7.59. The number of aliphatic carboxylic acids is 4. The van der Waals surface area contributed by atoms with Gasteiger partial charge < -0.3 is 53.5 Å². The van der Waals surface area contributed by atoms with E-state index in [1.807, 2.05) is 30.3 Å². The second kappa shape index (κ2) is 19.3. The minimum atomic E-state index is -1.18. The lowest BCUT2D eigenvalue weighted by molar-refractivity contribution is -0.141. The molecule has 1 aromatic heterocycles. The van der Waals surface area contributed by atoms with E-state index in [4.69, 9.17) is 48.5 Å². The van der Waals surface area contributed by atoms with Crippen LogP contribution in [0.5, 0.6) is 0 Å². The van der Waals surface area contributed by atoms with Gasteiger partial charge in [0.05, 0.1) is 12.4 Å². The lowest BCUT2D eigenvalue weighted by Gasteiger charge is -2.06. The number of aromatic nitrogens is 2. The minimum Gasteiger partial charge on any atom is -0.480 e. The molecule has 0 fully saturated rings. The fourth-order valence-electron chi connectivity index (χ4n) is 1.88. The normalized spacial score (nSPS) is 13.8. The summed E-state index contributed by atoms with van der Waals surface area (Å²) in [6.45, 7) is 2.75. The molecular weight excluding hydrogens is 492 g/mol. The van der Waals surface area contributed by atoms with E-state index in [0.29, 0.717) is 6.42 Å². The summed E-state index contributed by atoms with van der Waals surface area (Å²) >= 11 is 0. The summed E-state index contributed by atoms with van der Waals surface area (Å²) in [6.07, 6.45) is 2.74. The van der Waals surface area contributed by atoms with Crippen LogP contribution in [0.1, 0.15) is 25.1 Å². The Bertz CT molecular complexity index is 924. The van der Waals surface area contributed by atoms with Crippen LogP contribution in [-0.4, -0.2) is 89.6 Å². The Morgan fingerprint density at radius 2 is 1.27 bits per heavy atom. The molecule has 0 aliphatic heterocycles. The van der Waals surface area contributed by atoms with Crippen molar-refractivity contribution in [2.24, 2.45) is 22.9 Å². The van der Waals surface area contributed by atoms with Crippen molar-refractivity contribution in [1.29, 1.82) is 0 Å². The number of aromatic amines is 1. The number of aliphatic hydroxyl groups excluding tert-OH is 1. The van der Waals surface area contributed by atoms with Gasteiger partial charge in [0.15, 0.2) is 0 Å². The maximum Gasteiger partial charge on any atom is 0.323 e. The summed E-state index contributed by atoms with van der Waals surface area (Å²) in [4.78, 5) is 46.6. The molecule has 15 nitrogen and oxygen atoms in total. The number of aliphatic hydroxyl groups is 1. The highest BCUT2D eigenvalue weighted by molar-refractivity contribution is 5.74. The van der Waals surface area contributed by atoms with E-state index in [1.165, 1.54) is 20.2 Å². The zero-order valence-electron chi connectivity index (χ0n) is 20.5. The Hall–Kier alpha value is -3.89. The number of hydrogen-bond acceptors (Lipinski definition) is 10. The van der Waals surface area contributed by atoms with Crippen molar-refractivity contribution in [3.8, 4) is 0 Å². The number of H-pyrrole nitrogens is 1. The zero-order valence-corrected chi connectivity index (χ0v) is 20.5. The molecule has 0 spiro atoms. The van der Waals surface area contributed by atoms with E-state index in [9.17, 15) is 19.2 Å². The second-order valence-electron chi connectivity index (χ2n) is 7.59. The van der Waals surface area contributed by atoms with Crippen molar-refractivity contribution in [2.45, 2.75) is 57.0 Å². The molecule has 14 N–H and O–H groups in total. The maximum atomic E-state index is 10.4. The summed E-state index contributed by atoms with van der Waals surface area (Å²) < 4.78 is 0. The largest absolute Gasteiger partial charge is 0.480 e. The van der Waals surface area contributed by atoms with Crippen molar-refractivity contribution >= 4 is 23.9 Å². The molecule has 37 heavy (non-hydrogen) atoms. The van der Waals surface area contributed by atoms with Crippen LogP contribution in [0, 0.1) is 0 Å². The molecule has 0 bridgehead atoms. The van der Waals surface area contributed by atoms with Gasteiger partial charge in [-0.2, -0.15) is 0 Å². The molecule has 1 aromatic carbocycles. The first-order chi connectivity index (χ1) is 17.1. The monoisotopic (exact) mass is 528 g/mol. The third-order valence-corrected chi connectivity index (χ3v) is 4.12. The van der Waals surface area contributed by atoms with E-state index in [1.54, 1.807) is 6.20 Å². The Kier molecular flexibility index (Phi) is 18.4. The van der Waals surface area contributed by atoms with E-state index in [2.05, 4.69) is 9.97 Å². The van der Waals surface area contributed by atoms with Gasteiger partial charge >= 0.3 is 23.9 Å². The Morgan fingerprint density at radius 1 is 0.811 bits per heavy atom. The average molecular weight is 529 g/mol. The predicted octanol–water partition coefficient (Wildman–Crippen LogP) is -1.80. The molecule has 1 heterocycles. The lowest BCUT2D eigenvalue weighted by Crippen LogP contribution is -2.39.